The van der Waals surface area contributed by atoms with Crippen LogP contribution >= 0.6 is 22.6 Å². The molecule has 1 aromatic heterocycles. The maximum atomic E-state index is 9.37. The minimum absolute atomic E-state index is 0.235. The first kappa shape index (κ1) is 9.57. The van der Waals surface area contributed by atoms with Gasteiger partial charge in [0.1, 0.15) is 5.75 Å². The van der Waals surface area contributed by atoms with Gasteiger partial charge in [-0.05, 0) is 36.4 Å². The molecule has 0 aliphatic heterocycles. The lowest BCUT2D eigenvalue weighted by Crippen LogP contribution is -1.96. The minimum atomic E-state index is 0.235. The van der Waals surface area contributed by atoms with E-state index in [1.807, 2.05) is 29.5 Å². The minimum Gasteiger partial charge on any atom is -0.505 e. The highest BCUT2D eigenvalue weighted by Crippen LogP contribution is 2.25. The first-order valence-corrected chi connectivity index (χ1v) is 4.72. The molecule has 0 aromatic carbocycles. The number of halogens is 1. The molecule has 0 radical (unpaired) electrons. The van der Waals surface area contributed by atoms with E-state index in [0.29, 0.717) is 18.2 Å². The Morgan fingerprint density at radius 1 is 1.67 bits per heavy atom. The Morgan fingerprint density at radius 3 is 2.83 bits per heavy atom. The van der Waals surface area contributed by atoms with E-state index in [4.69, 9.17) is 4.74 Å². The number of aryl methyl sites for hydroxylation is 1. The summed E-state index contributed by atoms with van der Waals surface area (Å²) in [6.45, 7) is 4.24. The van der Waals surface area contributed by atoms with Gasteiger partial charge in [-0.25, -0.2) is 4.98 Å². The van der Waals surface area contributed by atoms with Crippen molar-refractivity contribution in [2.45, 2.75) is 13.8 Å². The normalized spacial score (nSPS) is 9.92. The van der Waals surface area contributed by atoms with Gasteiger partial charge in [0.15, 0.2) is 0 Å². The molecule has 1 heterocycles. The average molecular weight is 279 g/mol. The zero-order valence-electron chi connectivity index (χ0n) is 6.97. The summed E-state index contributed by atoms with van der Waals surface area (Å²) in [5.74, 6) is 0.802. The van der Waals surface area contributed by atoms with Crippen molar-refractivity contribution >= 4 is 22.6 Å². The summed E-state index contributed by atoms with van der Waals surface area (Å²) in [6, 6.07) is 1.71. The molecule has 0 unspecified atom stereocenters. The number of ether oxygens (including phenoxy) is 1. The highest BCUT2D eigenvalue weighted by atomic mass is 127. The van der Waals surface area contributed by atoms with Gasteiger partial charge in [0.25, 0.3) is 0 Å². The van der Waals surface area contributed by atoms with Crippen LogP contribution in [-0.2, 0) is 0 Å². The van der Waals surface area contributed by atoms with E-state index < -0.39 is 0 Å². The molecule has 66 valence electrons. The van der Waals surface area contributed by atoms with E-state index >= 15 is 0 Å². The molecule has 0 aliphatic rings. The van der Waals surface area contributed by atoms with Gasteiger partial charge in [-0.15, -0.1) is 0 Å². The fourth-order valence-electron chi connectivity index (χ4n) is 0.822. The Morgan fingerprint density at radius 2 is 2.33 bits per heavy atom. The molecule has 0 amide bonds. The summed E-state index contributed by atoms with van der Waals surface area (Å²) in [6.07, 6.45) is 0. The molecule has 3 nitrogen and oxygen atoms in total. The van der Waals surface area contributed by atoms with Crippen LogP contribution in [0.4, 0.5) is 0 Å². The van der Waals surface area contributed by atoms with Crippen molar-refractivity contribution in [3.05, 3.63) is 15.3 Å². The highest BCUT2D eigenvalue weighted by Gasteiger charge is 2.05. The van der Waals surface area contributed by atoms with Crippen LogP contribution in [0.25, 0.3) is 0 Å². The summed E-state index contributed by atoms with van der Waals surface area (Å²) in [7, 11) is 0. The third kappa shape index (κ3) is 2.00. The van der Waals surface area contributed by atoms with Gasteiger partial charge in [0, 0.05) is 6.07 Å². The number of aromatic hydroxyl groups is 1. The largest absolute Gasteiger partial charge is 0.505 e. The molecule has 0 saturated carbocycles. The maximum absolute atomic E-state index is 9.37. The zero-order chi connectivity index (χ0) is 9.14. The monoisotopic (exact) mass is 279 g/mol. The van der Waals surface area contributed by atoms with Crippen LogP contribution in [0.15, 0.2) is 6.07 Å². The zero-order valence-corrected chi connectivity index (χ0v) is 9.12. The third-order valence-corrected chi connectivity index (χ3v) is 2.21. The van der Waals surface area contributed by atoms with E-state index in [-0.39, 0.29) is 5.75 Å². The van der Waals surface area contributed by atoms with E-state index in [0.717, 1.165) is 3.57 Å². The number of rotatable bonds is 2. The van der Waals surface area contributed by atoms with Gasteiger partial charge >= 0.3 is 0 Å². The SMILES string of the molecule is CCOc1cc(I)c(O)c(C)n1. The van der Waals surface area contributed by atoms with Gasteiger partial charge in [-0.2, -0.15) is 0 Å². The van der Waals surface area contributed by atoms with Crippen molar-refractivity contribution in [3.8, 4) is 11.6 Å². The van der Waals surface area contributed by atoms with Crippen LogP contribution in [0.5, 0.6) is 11.6 Å². The van der Waals surface area contributed by atoms with Crippen molar-refractivity contribution in [1.29, 1.82) is 0 Å². The fraction of sp³-hybridized carbons (Fsp3) is 0.375. The highest BCUT2D eigenvalue weighted by molar-refractivity contribution is 14.1. The number of hydrogen-bond donors (Lipinski definition) is 1. The third-order valence-electron chi connectivity index (χ3n) is 1.39. The fourth-order valence-corrected chi connectivity index (χ4v) is 1.48. The predicted molar refractivity (Wildman–Crippen MR) is 54.5 cm³/mol. The van der Waals surface area contributed by atoms with Crippen molar-refractivity contribution < 1.29 is 9.84 Å². The lowest BCUT2D eigenvalue weighted by Gasteiger charge is -2.05. The first-order valence-electron chi connectivity index (χ1n) is 3.64. The quantitative estimate of drug-likeness (QED) is 0.843. The van der Waals surface area contributed by atoms with Crippen LogP contribution in [0, 0.1) is 10.5 Å². The summed E-state index contributed by atoms with van der Waals surface area (Å²) >= 11 is 2.05. The van der Waals surface area contributed by atoms with E-state index in [9.17, 15) is 5.11 Å². The molecule has 12 heavy (non-hydrogen) atoms. The molecular formula is C8H10INO2. The molecule has 0 saturated heterocycles. The van der Waals surface area contributed by atoms with Crippen molar-refractivity contribution in [1.82, 2.24) is 4.98 Å². The van der Waals surface area contributed by atoms with Gasteiger partial charge < -0.3 is 9.84 Å². The molecule has 0 atom stereocenters. The molecule has 1 rings (SSSR count). The molecule has 1 N–H and O–H groups in total. The predicted octanol–water partition coefficient (Wildman–Crippen LogP) is 2.10. The maximum Gasteiger partial charge on any atom is 0.214 e. The number of hydrogen-bond acceptors (Lipinski definition) is 3. The number of pyridine rings is 1. The van der Waals surface area contributed by atoms with E-state index in [2.05, 4.69) is 4.98 Å². The molecular weight excluding hydrogens is 269 g/mol. The molecule has 0 aliphatic carbocycles. The lowest BCUT2D eigenvalue weighted by atomic mass is 10.3. The Labute approximate surface area is 84.9 Å². The van der Waals surface area contributed by atoms with Gasteiger partial charge in [0.05, 0.1) is 15.9 Å². The summed E-state index contributed by atoms with van der Waals surface area (Å²) < 4.78 is 5.96. The topological polar surface area (TPSA) is 42.4 Å². The molecule has 0 fully saturated rings. The van der Waals surface area contributed by atoms with Crippen molar-refractivity contribution in [3.63, 3.8) is 0 Å². The Hall–Kier alpha value is -0.520. The van der Waals surface area contributed by atoms with Crippen molar-refractivity contribution in [2.24, 2.45) is 0 Å². The molecule has 4 heteroatoms. The van der Waals surface area contributed by atoms with E-state index in [1.165, 1.54) is 0 Å². The second-order valence-electron chi connectivity index (χ2n) is 2.31. The summed E-state index contributed by atoms with van der Waals surface area (Å²) in [5.41, 5.74) is 0.602. The summed E-state index contributed by atoms with van der Waals surface area (Å²) in [4.78, 5) is 4.05. The Kier molecular flexibility index (Phi) is 3.13. The average Bonchev–Trinajstić information content (AvgIpc) is 2.01. The first-order chi connectivity index (χ1) is 5.65. The van der Waals surface area contributed by atoms with Crippen LogP contribution in [0.2, 0.25) is 0 Å². The van der Waals surface area contributed by atoms with Crippen LogP contribution in [0.3, 0.4) is 0 Å². The van der Waals surface area contributed by atoms with Gasteiger partial charge in [0.2, 0.25) is 5.88 Å². The lowest BCUT2D eigenvalue weighted by molar-refractivity contribution is 0.324. The Balaban J connectivity index is 3.04. The number of aromatic nitrogens is 1. The second kappa shape index (κ2) is 3.93. The second-order valence-corrected chi connectivity index (χ2v) is 3.47. The molecule has 1 aromatic rings. The van der Waals surface area contributed by atoms with Crippen LogP contribution in [0.1, 0.15) is 12.6 Å². The summed E-state index contributed by atoms with van der Waals surface area (Å²) in [5, 5.41) is 9.37. The molecule has 0 bridgehead atoms. The number of nitrogens with zero attached hydrogens (tertiary/aromatic N) is 1. The molecule has 0 spiro atoms. The Bertz CT molecular complexity index is 265. The van der Waals surface area contributed by atoms with Crippen LogP contribution < -0.4 is 4.74 Å². The standard InChI is InChI=1S/C8H10INO2/c1-3-12-7-4-6(9)8(11)5(2)10-7/h4,11H,3H2,1-2H3. The van der Waals surface area contributed by atoms with Crippen molar-refractivity contribution in [2.75, 3.05) is 6.61 Å². The van der Waals surface area contributed by atoms with Gasteiger partial charge in [-0.3, -0.25) is 0 Å². The van der Waals surface area contributed by atoms with Gasteiger partial charge in [-0.1, -0.05) is 0 Å². The van der Waals surface area contributed by atoms with Crippen LogP contribution in [-0.4, -0.2) is 16.7 Å². The smallest absolute Gasteiger partial charge is 0.214 e. The van der Waals surface area contributed by atoms with E-state index in [1.54, 1.807) is 13.0 Å².